The maximum atomic E-state index is 12.4. The average Bonchev–Trinajstić information content (AvgIpc) is 2.58. The number of benzene rings is 1. The number of carbonyl (C=O) groups is 1. The van der Waals surface area contributed by atoms with Crippen LogP contribution in [0.4, 0.5) is 11.4 Å². The lowest BCUT2D eigenvalue weighted by atomic mass is 9.78. The number of hydrogen-bond acceptors (Lipinski definition) is 3. The lowest BCUT2D eigenvalue weighted by Gasteiger charge is -2.44. The van der Waals surface area contributed by atoms with Gasteiger partial charge in [-0.15, -0.1) is 0 Å². The molecule has 0 saturated heterocycles. The molecule has 114 valence electrons. The zero-order valence-electron chi connectivity index (χ0n) is 12.9. The monoisotopic (exact) mass is 288 g/mol. The molecule has 1 aromatic carbocycles. The van der Waals surface area contributed by atoms with Crippen molar-refractivity contribution >= 4 is 17.3 Å². The van der Waals surface area contributed by atoms with Gasteiger partial charge in [-0.25, -0.2) is 0 Å². The number of hydrogen-bond donors (Lipinski definition) is 1. The first kappa shape index (κ1) is 14.2. The highest BCUT2D eigenvalue weighted by Gasteiger charge is 2.41. The van der Waals surface area contributed by atoms with Gasteiger partial charge in [-0.05, 0) is 31.9 Å². The van der Waals surface area contributed by atoms with Crippen molar-refractivity contribution in [2.24, 2.45) is 0 Å². The minimum Gasteiger partial charge on any atom is -0.492 e. The third kappa shape index (κ3) is 2.47. The number of rotatable bonds is 2. The van der Waals surface area contributed by atoms with E-state index in [4.69, 9.17) is 4.74 Å². The molecule has 1 saturated carbocycles. The lowest BCUT2D eigenvalue weighted by Crippen LogP contribution is -2.49. The normalized spacial score (nSPS) is 20.7. The second-order valence-electron chi connectivity index (χ2n) is 6.15. The van der Waals surface area contributed by atoms with Crippen LogP contribution in [0.1, 0.15) is 45.4 Å². The molecule has 1 heterocycles. The number of nitrogens with one attached hydrogen (secondary N) is 1. The van der Waals surface area contributed by atoms with Crippen molar-refractivity contribution in [1.82, 2.24) is 0 Å². The molecule has 4 nitrogen and oxygen atoms in total. The van der Waals surface area contributed by atoms with Crippen molar-refractivity contribution in [3.8, 4) is 5.75 Å². The maximum absolute atomic E-state index is 12.4. The molecule has 1 amide bonds. The quantitative estimate of drug-likeness (QED) is 0.904. The fourth-order valence-electron chi connectivity index (χ4n) is 3.78. The Labute approximate surface area is 126 Å². The molecule has 0 radical (unpaired) electrons. The molecular weight excluding hydrogens is 264 g/mol. The Bertz CT molecular complexity index is 536. The number of nitrogens with zero attached hydrogens (tertiary/aromatic N) is 1. The first-order valence-corrected chi connectivity index (χ1v) is 7.96. The van der Waals surface area contributed by atoms with Crippen LogP contribution in [-0.4, -0.2) is 25.1 Å². The molecule has 0 unspecified atom stereocenters. The van der Waals surface area contributed by atoms with E-state index in [2.05, 4.69) is 23.3 Å². The SMILES string of the molecule is CCOc1cccc2c1NC(=O)CC1(CCCCC1)N2C. The molecule has 3 rings (SSSR count). The maximum Gasteiger partial charge on any atom is 0.226 e. The Balaban J connectivity index is 2.05. The van der Waals surface area contributed by atoms with E-state index in [9.17, 15) is 4.79 Å². The van der Waals surface area contributed by atoms with Gasteiger partial charge in [-0.3, -0.25) is 4.79 Å². The third-order valence-corrected chi connectivity index (χ3v) is 4.92. The van der Waals surface area contributed by atoms with E-state index in [-0.39, 0.29) is 11.4 Å². The van der Waals surface area contributed by atoms with Crippen LogP contribution in [0.3, 0.4) is 0 Å². The third-order valence-electron chi connectivity index (χ3n) is 4.92. The summed E-state index contributed by atoms with van der Waals surface area (Å²) >= 11 is 0. The first-order valence-electron chi connectivity index (χ1n) is 7.96. The molecule has 0 atom stereocenters. The van der Waals surface area contributed by atoms with E-state index in [1.165, 1.54) is 19.3 Å². The second kappa shape index (κ2) is 5.58. The van der Waals surface area contributed by atoms with Gasteiger partial charge in [-0.1, -0.05) is 25.3 Å². The predicted molar refractivity (Wildman–Crippen MR) is 85.1 cm³/mol. The summed E-state index contributed by atoms with van der Waals surface area (Å²) in [6, 6.07) is 6.02. The summed E-state index contributed by atoms with van der Waals surface area (Å²) in [5.41, 5.74) is 1.88. The Morgan fingerprint density at radius 1 is 1.29 bits per heavy atom. The van der Waals surface area contributed by atoms with Gasteiger partial charge in [0.1, 0.15) is 11.4 Å². The Kier molecular flexibility index (Phi) is 3.79. The molecule has 2 aliphatic rings. The van der Waals surface area contributed by atoms with E-state index in [0.29, 0.717) is 13.0 Å². The van der Waals surface area contributed by atoms with Crippen molar-refractivity contribution < 1.29 is 9.53 Å². The molecule has 1 spiro atoms. The summed E-state index contributed by atoms with van der Waals surface area (Å²) in [5, 5.41) is 3.07. The van der Waals surface area contributed by atoms with Crippen LogP contribution < -0.4 is 15.0 Å². The summed E-state index contributed by atoms with van der Waals surface area (Å²) in [6.07, 6.45) is 6.45. The molecule has 1 aliphatic carbocycles. The zero-order valence-corrected chi connectivity index (χ0v) is 12.9. The highest BCUT2D eigenvalue weighted by molar-refractivity contribution is 5.99. The number of fused-ring (bicyclic) bond motifs is 1. The fourth-order valence-corrected chi connectivity index (χ4v) is 3.78. The van der Waals surface area contributed by atoms with Gasteiger partial charge in [-0.2, -0.15) is 0 Å². The number of ether oxygens (including phenoxy) is 1. The average molecular weight is 288 g/mol. The van der Waals surface area contributed by atoms with Crippen LogP contribution in [-0.2, 0) is 4.79 Å². The molecule has 1 aromatic rings. The molecular formula is C17H24N2O2. The van der Waals surface area contributed by atoms with E-state index < -0.39 is 0 Å². The Morgan fingerprint density at radius 3 is 2.76 bits per heavy atom. The number of carbonyl (C=O) groups excluding carboxylic acids is 1. The van der Waals surface area contributed by atoms with Gasteiger partial charge in [0, 0.05) is 12.6 Å². The topological polar surface area (TPSA) is 41.6 Å². The van der Waals surface area contributed by atoms with E-state index >= 15 is 0 Å². The van der Waals surface area contributed by atoms with Crippen LogP contribution in [0.25, 0.3) is 0 Å². The van der Waals surface area contributed by atoms with Crippen molar-refractivity contribution in [2.45, 2.75) is 51.0 Å². The molecule has 1 N–H and O–H groups in total. The fraction of sp³-hybridized carbons (Fsp3) is 0.588. The molecule has 21 heavy (non-hydrogen) atoms. The summed E-state index contributed by atoms with van der Waals surface area (Å²) in [7, 11) is 2.13. The largest absolute Gasteiger partial charge is 0.492 e. The zero-order chi connectivity index (χ0) is 14.9. The van der Waals surface area contributed by atoms with Gasteiger partial charge in [0.25, 0.3) is 0 Å². The second-order valence-corrected chi connectivity index (χ2v) is 6.15. The van der Waals surface area contributed by atoms with Gasteiger partial charge >= 0.3 is 0 Å². The summed E-state index contributed by atoms with van der Waals surface area (Å²) in [5.74, 6) is 0.873. The molecule has 4 heteroatoms. The summed E-state index contributed by atoms with van der Waals surface area (Å²) in [6.45, 7) is 2.56. The van der Waals surface area contributed by atoms with Gasteiger partial charge in [0.2, 0.25) is 5.91 Å². The molecule has 0 aromatic heterocycles. The standard InChI is InChI=1S/C17H24N2O2/c1-3-21-14-9-7-8-13-16(14)18-15(20)12-17(19(13)2)10-5-4-6-11-17/h7-9H,3-6,10-12H2,1-2H3,(H,18,20). The number of para-hydroxylation sites is 1. The van der Waals surface area contributed by atoms with E-state index in [0.717, 1.165) is 30.0 Å². The van der Waals surface area contributed by atoms with E-state index in [1.807, 2.05) is 19.1 Å². The molecule has 0 bridgehead atoms. The minimum atomic E-state index is -0.0293. The van der Waals surface area contributed by atoms with Crippen LogP contribution in [0, 0.1) is 0 Å². The van der Waals surface area contributed by atoms with Crippen molar-refractivity contribution in [3.05, 3.63) is 18.2 Å². The highest BCUT2D eigenvalue weighted by atomic mass is 16.5. The van der Waals surface area contributed by atoms with Crippen LogP contribution in [0.5, 0.6) is 5.75 Å². The van der Waals surface area contributed by atoms with Crippen LogP contribution >= 0.6 is 0 Å². The Hall–Kier alpha value is -1.71. The van der Waals surface area contributed by atoms with Crippen molar-refractivity contribution in [3.63, 3.8) is 0 Å². The van der Waals surface area contributed by atoms with Gasteiger partial charge in [0.15, 0.2) is 0 Å². The number of anilines is 2. The summed E-state index contributed by atoms with van der Waals surface area (Å²) in [4.78, 5) is 14.7. The van der Waals surface area contributed by atoms with E-state index in [1.54, 1.807) is 0 Å². The highest BCUT2D eigenvalue weighted by Crippen LogP contribution is 2.45. The first-order chi connectivity index (χ1) is 10.2. The lowest BCUT2D eigenvalue weighted by molar-refractivity contribution is -0.117. The van der Waals surface area contributed by atoms with Crippen molar-refractivity contribution in [2.75, 3.05) is 23.9 Å². The van der Waals surface area contributed by atoms with Gasteiger partial charge < -0.3 is 15.0 Å². The van der Waals surface area contributed by atoms with Gasteiger partial charge in [0.05, 0.1) is 18.7 Å². The smallest absolute Gasteiger partial charge is 0.226 e. The van der Waals surface area contributed by atoms with Crippen molar-refractivity contribution in [1.29, 1.82) is 0 Å². The Morgan fingerprint density at radius 2 is 2.05 bits per heavy atom. The molecule has 1 aliphatic heterocycles. The number of amides is 1. The van der Waals surface area contributed by atoms with Crippen LogP contribution in [0.15, 0.2) is 18.2 Å². The molecule has 1 fully saturated rings. The summed E-state index contributed by atoms with van der Waals surface area (Å²) < 4.78 is 5.69. The minimum absolute atomic E-state index is 0.0293. The predicted octanol–water partition coefficient (Wildman–Crippen LogP) is 3.57. The van der Waals surface area contributed by atoms with Crippen LogP contribution in [0.2, 0.25) is 0 Å².